The Bertz CT molecular complexity index is 1260. The van der Waals surface area contributed by atoms with Crippen LogP contribution in [0.1, 0.15) is 61.0 Å². The van der Waals surface area contributed by atoms with Crippen molar-refractivity contribution in [3.63, 3.8) is 0 Å². The van der Waals surface area contributed by atoms with Gasteiger partial charge >= 0.3 is 5.97 Å². The van der Waals surface area contributed by atoms with Crippen LogP contribution in [-0.2, 0) is 9.59 Å². The summed E-state index contributed by atoms with van der Waals surface area (Å²) < 4.78 is 1.42. The third-order valence-electron chi connectivity index (χ3n) is 6.06. The van der Waals surface area contributed by atoms with E-state index in [9.17, 15) is 19.5 Å². The highest BCUT2D eigenvalue weighted by Crippen LogP contribution is 2.29. The Labute approximate surface area is 205 Å². The molecule has 1 amide bonds. The number of nitrogens with zero attached hydrogens (tertiary/aromatic N) is 2. The van der Waals surface area contributed by atoms with Crippen LogP contribution in [0.15, 0.2) is 59.8 Å². The normalized spacial score (nSPS) is 12.9. The fourth-order valence-electron chi connectivity index (χ4n) is 4.39. The number of nitrogens with one attached hydrogen (secondary N) is 1. The van der Waals surface area contributed by atoms with Gasteiger partial charge in [-0.15, -0.1) is 0 Å². The van der Waals surface area contributed by atoms with E-state index >= 15 is 0 Å². The molecular formula is C28H33N3O4. The summed E-state index contributed by atoms with van der Waals surface area (Å²) in [7, 11) is 0. The number of amides is 1. The molecule has 7 heteroatoms. The molecule has 0 aliphatic carbocycles. The molecule has 2 heterocycles. The molecule has 0 fully saturated rings. The van der Waals surface area contributed by atoms with Crippen molar-refractivity contribution < 1.29 is 14.7 Å². The van der Waals surface area contributed by atoms with Crippen LogP contribution < -0.4 is 10.9 Å². The lowest BCUT2D eigenvalue weighted by molar-refractivity contribution is -0.138. The summed E-state index contributed by atoms with van der Waals surface area (Å²) in [5, 5.41) is 12.5. The average Bonchev–Trinajstić information content (AvgIpc) is 2.77. The Morgan fingerprint density at radius 2 is 1.74 bits per heavy atom. The minimum Gasteiger partial charge on any atom is -0.481 e. The highest BCUT2D eigenvalue weighted by molar-refractivity contribution is 5.82. The van der Waals surface area contributed by atoms with Gasteiger partial charge in [-0.3, -0.25) is 19.4 Å². The van der Waals surface area contributed by atoms with Crippen LogP contribution in [0.5, 0.6) is 0 Å². The van der Waals surface area contributed by atoms with E-state index in [2.05, 4.69) is 10.3 Å². The zero-order valence-corrected chi connectivity index (χ0v) is 20.9. The number of carboxylic acids is 1. The molecule has 1 unspecified atom stereocenters. The number of benzene rings is 1. The number of hydrogen-bond donors (Lipinski definition) is 2. The zero-order valence-electron chi connectivity index (χ0n) is 20.9. The first-order valence-corrected chi connectivity index (χ1v) is 11.8. The van der Waals surface area contributed by atoms with E-state index < -0.39 is 24.0 Å². The maximum atomic E-state index is 13.5. The number of aromatic nitrogens is 2. The lowest BCUT2D eigenvalue weighted by atomic mass is 9.94. The molecule has 35 heavy (non-hydrogen) atoms. The summed E-state index contributed by atoms with van der Waals surface area (Å²) in [5.41, 5.74) is 5.20. The number of carbonyl (C=O) groups is 2. The van der Waals surface area contributed by atoms with Crippen molar-refractivity contribution >= 4 is 11.9 Å². The smallest absolute Gasteiger partial charge is 0.305 e. The SMILES string of the molecule is Cc1ccn(C(CC(C)C)C(=O)N[C@@H](CC(=O)O)c2cncc(-c3c(C)cccc3C)c2)c(=O)c1. The third-order valence-corrected chi connectivity index (χ3v) is 6.06. The molecule has 0 radical (unpaired) electrons. The molecule has 2 aromatic heterocycles. The molecule has 1 aromatic carbocycles. The summed E-state index contributed by atoms with van der Waals surface area (Å²) in [6, 6.07) is 9.62. The number of rotatable bonds is 9. The molecule has 2 N–H and O–H groups in total. The van der Waals surface area contributed by atoms with Crippen molar-refractivity contribution in [3.05, 3.63) is 87.6 Å². The molecule has 0 spiro atoms. The van der Waals surface area contributed by atoms with E-state index in [4.69, 9.17) is 0 Å². The third kappa shape index (κ3) is 6.44. The van der Waals surface area contributed by atoms with Crippen molar-refractivity contribution in [2.75, 3.05) is 0 Å². The summed E-state index contributed by atoms with van der Waals surface area (Å²) in [5.74, 6) is -1.29. The molecule has 0 saturated carbocycles. The largest absolute Gasteiger partial charge is 0.481 e. The van der Waals surface area contributed by atoms with E-state index in [1.807, 2.05) is 58.9 Å². The van der Waals surface area contributed by atoms with Gasteiger partial charge in [0.25, 0.3) is 5.56 Å². The highest BCUT2D eigenvalue weighted by Gasteiger charge is 2.27. The molecule has 184 valence electrons. The van der Waals surface area contributed by atoms with Crippen LogP contribution in [0.4, 0.5) is 0 Å². The first-order valence-electron chi connectivity index (χ1n) is 11.8. The standard InChI is InChI=1S/C28H33N3O4/c1-17(2)11-24(31-10-9-18(3)12-25(31)32)28(35)30-23(14-26(33)34)21-13-22(16-29-15-21)27-19(4)7-6-8-20(27)5/h6-10,12-13,15-17,23-24H,11,14H2,1-5H3,(H,30,35)(H,33,34)/t23-,24?/m0/s1. The molecule has 0 aliphatic heterocycles. The van der Waals surface area contributed by atoms with Gasteiger partial charge in [0.05, 0.1) is 12.5 Å². The average molecular weight is 476 g/mol. The van der Waals surface area contributed by atoms with Gasteiger partial charge in [-0.05, 0) is 73.1 Å². The quantitative estimate of drug-likeness (QED) is 0.465. The number of hydrogen-bond acceptors (Lipinski definition) is 4. The van der Waals surface area contributed by atoms with Crippen LogP contribution in [-0.4, -0.2) is 26.5 Å². The van der Waals surface area contributed by atoms with Gasteiger partial charge in [0.1, 0.15) is 6.04 Å². The first-order chi connectivity index (χ1) is 16.6. The van der Waals surface area contributed by atoms with Gasteiger partial charge in [0, 0.05) is 30.2 Å². The second-order valence-corrected chi connectivity index (χ2v) is 9.53. The van der Waals surface area contributed by atoms with Gasteiger partial charge in [-0.1, -0.05) is 32.0 Å². The zero-order chi connectivity index (χ0) is 25.7. The predicted octanol–water partition coefficient (Wildman–Crippen LogP) is 4.75. The number of carboxylic acid groups (broad SMARTS) is 1. The van der Waals surface area contributed by atoms with Crippen LogP contribution in [0, 0.1) is 26.7 Å². The first kappa shape index (κ1) is 25.9. The lowest BCUT2D eigenvalue weighted by Gasteiger charge is -2.25. The predicted molar refractivity (Wildman–Crippen MR) is 136 cm³/mol. The van der Waals surface area contributed by atoms with Crippen LogP contribution in [0.2, 0.25) is 0 Å². The molecule has 0 bridgehead atoms. The Kier molecular flexibility index (Phi) is 8.22. The molecular weight excluding hydrogens is 442 g/mol. The minimum absolute atomic E-state index is 0.144. The topological polar surface area (TPSA) is 101 Å². The monoisotopic (exact) mass is 475 g/mol. The Morgan fingerprint density at radius 3 is 2.34 bits per heavy atom. The van der Waals surface area contributed by atoms with E-state index in [1.54, 1.807) is 24.7 Å². The Morgan fingerprint density at radius 1 is 1.06 bits per heavy atom. The summed E-state index contributed by atoms with van der Waals surface area (Å²) in [4.78, 5) is 42.2. The van der Waals surface area contributed by atoms with E-state index in [0.29, 0.717) is 12.0 Å². The maximum absolute atomic E-state index is 13.5. The fraction of sp³-hybridized carbons (Fsp3) is 0.357. The van der Waals surface area contributed by atoms with Gasteiger partial charge in [-0.25, -0.2) is 0 Å². The second kappa shape index (κ2) is 11.1. The van der Waals surface area contributed by atoms with Crippen LogP contribution in [0.25, 0.3) is 11.1 Å². The molecule has 3 rings (SSSR count). The Hall–Kier alpha value is -3.74. The van der Waals surface area contributed by atoms with Gasteiger partial charge < -0.3 is 15.0 Å². The highest BCUT2D eigenvalue weighted by atomic mass is 16.4. The second-order valence-electron chi connectivity index (χ2n) is 9.53. The summed E-state index contributed by atoms with van der Waals surface area (Å²) in [6.07, 6.45) is 5.09. The Balaban J connectivity index is 1.98. The van der Waals surface area contributed by atoms with Crippen LogP contribution in [0.3, 0.4) is 0 Å². The minimum atomic E-state index is -1.04. The molecule has 0 aliphatic rings. The molecule has 7 nitrogen and oxygen atoms in total. The molecule has 0 saturated heterocycles. The molecule has 3 aromatic rings. The number of carbonyl (C=O) groups excluding carboxylic acids is 1. The summed E-state index contributed by atoms with van der Waals surface area (Å²) >= 11 is 0. The van der Waals surface area contributed by atoms with Crippen molar-refractivity contribution in [1.82, 2.24) is 14.9 Å². The number of pyridine rings is 2. The number of aryl methyl sites for hydroxylation is 3. The van der Waals surface area contributed by atoms with Gasteiger partial charge in [-0.2, -0.15) is 0 Å². The van der Waals surface area contributed by atoms with E-state index in [0.717, 1.165) is 27.8 Å². The van der Waals surface area contributed by atoms with Gasteiger partial charge in [0.15, 0.2) is 0 Å². The van der Waals surface area contributed by atoms with Crippen molar-refractivity contribution in [2.24, 2.45) is 5.92 Å². The van der Waals surface area contributed by atoms with Crippen molar-refractivity contribution in [3.8, 4) is 11.1 Å². The van der Waals surface area contributed by atoms with Crippen molar-refractivity contribution in [1.29, 1.82) is 0 Å². The number of aliphatic carboxylic acids is 1. The van der Waals surface area contributed by atoms with E-state index in [-0.39, 0.29) is 17.9 Å². The van der Waals surface area contributed by atoms with Crippen LogP contribution >= 0.6 is 0 Å². The lowest BCUT2D eigenvalue weighted by Crippen LogP contribution is -2.40. The van der Waals surface area contributed by atoms with E-state index in [1.165, 1.54) is 10.6 Å². The van der Waals surface area contributed by atoms with Gasteiger partial charge in [0.2, 0.25) is 5.91 Å². The fourth-order valence-corrected chi connectivity index (χ4v) is 4.39. The maximum Gasteiger partial charge on any atom is 0.305 e. The van der Waals surface area contributed by atoms with Crippen molar-refractivity contribution in [2.45, 2.75) is 59.5 Å². The summed E-state index contributed by atoms with van der Waals surface area (Å²) in [6.45, 7) is 9.81. The molecule has 2 atom stereocenters.